The van der Waals surface area contributed by atoms with Gasteiger partial charge in [0, 0.05) is 18.8 Å². The lowest BCUT2D eigenvalue weighted by Crippen LogP contribution is -2.28. The minimum absolute atomic E-state index is 0.959. The van der Waals surface area contributed by atoms with E-state index in [2.05, 4.69) is 47.6 Å². The first-order valence-corrected chi connectivity index (χ1v) is 7.82. The maximum absolute atomic E-state index is 3.48. The molecule has 1 aromatic carbocycles. The Balaban J connectivity index is 1.55. The average Bonchev–Trinajstić information content (AvgIpc) is 2.46. The van der Waals surface area contributed by atoms with Gasteiger partial charge in [-0.1, -0.05) is 37.5 Å². The molecule has 0 radical (unpaired) electrons. The Morgan fingerprint density at radius 1 is 1.11 bits per heavy atom. The summed E-state index contributed by atoms with van der Waals surface area (Å²) in [7, 11) is 2.27. The Morgan fingerprint density at radius 3 is 2.58 bits per heavy atom. The number of hydrogen-bond donors (Lipinski definition) is 1. The van der Waals surface area contributed by atoms with E-state index in [4.69, 9.17) is 0 Å². The minimum Gasteiger partial charge on any atom is -0.385 e. The summed E-state index contributed by atoms with van der Waals surface area (Å²) in [6, 6.07) is 10.5. The molecular formula is C17H28N2. The van der Waals surface area contributed by atoms with E-state index in [-0.39, 0.29) is 0 Å². The van der Waals surface area contributed by atoms with Gasteiger partial charge in [0.15, 0.2) is 0 Å². The van der Waals surface area contributed by atoms with Crippen LogP contribution in [0.15, 0.2) is 30.3 Å². The van der Waals surface area contributed by atoms with Crippen LogP contribution in [0.25, 0.3) is 0 Å². The van der Waals surface area contributed by atoms with Crippen molar-refractivity contribution in [2.45, 2.75) is 38.5 Å². The molecule has 1 N–H and O–H groups in total. The second-order valence-electron chi connectivity index (χ2n) is 5.91. The Hall–Kier alpha value is -1.02. The van der Waals surface area contributed by atoms with Crippen LogP contribution in [0.5, 0.6) is 0 Å². The van der Waals surface area contributed by atoms with Crippen LogP contribution in [0.4, 0.5) is 5.69 Å². The molecule has 19 heavy (non-hydrogen) atoms. The number of para-hydroxylation sites is 1. The highest BCUT2D eigenvalue weighted by Crippen LogP contribution is 2.24. The van der Waals surface area contributed by atoms with Crippen molar-refractivity contribution in [2.24, 2.45) is 5.92 Å². The minimum atomic E-state index is 0.959. The Bertz CT molecular complexity index is 330. The lowest BCUT2D eigenvalue weighted by atomic mass is 9.89. The predicted octanol–water partition coefficient (Wildman–Crippen LogP) is 4.00. The maximum atomic E-state index is 3.48. The summed E-state index contributed by atoms with van der Waals surface area (Å²) in [6.45, 7) is 3.57. The molecule has 0 aliphatic heterocycles. The highest BCUT2D eigenvalue weighted by Gasteiger charge is 2.14. The summed E-state index contributed by atoms with van der Waals surface area (Å²) in [5.74, 6) is 0.959. The van der Waals surface area contributed by atoms with Crippen LogP contribution in [-0.2, 0) is 0 Å². The molecule has 0 heterocycles. The Labute approximate surface area is 118 Å². The third-order valence-electron chi connectivity index (χ3n) is 4.11. The quantitative estimate of drug-likeness (QED) is 0.745. The molecule has 1 aromatic rings. The summed E-state index contributed by atoms with van der Waals surface area (Å²) in [5, 5.41) is 3.48. The largest absolute Gasteiger partial charge is 0.385 e. The first kappa shape index (κ1) is 14.4. The van der Waals surface area contributed by atoms with Crippen molar-refractivity contribution >= 4 is 5.69 Å². The first-order valence-electron chi connectivity index (χ1n) is 7.82. The maximum Gasteiger partial charge on any atom is 0.0340 e. The average molecular weight is 260 g/mol. The van der Waals surface area contributed by atoms with Gasteiger partial charge in [-0.3, -0.25) is 0 Å². The zero-order chi connectivity index (χ0) is 13.3. The van der Waals surface area contributed by atoms with Gasteiger partial charge >= 0.3 is 0 Å². The van der Waals surface area contributed by atoms with E-state index in [0.29, 0.717) is 0 Å². The molecule has 1 saturated carbocycles. The van der Waals surface area contributed by atoms with E-state index in [0.717, 1.165) is 12.5 Å². The Morgan fingerprint density at radius 2 is 1.84 bits per heavy atom. The fourth-order valence-corrected chi connectivity index (χ4v) is 3.04. The topological polar surface area (TPSA) is 15.3 Å². The molecule has 2 rings (SSSR count). The third kappa shape index (κ3) is 5.65. The summed E-state index contributed by atoms with van der Waals surface area (Å²) < 4.78 is 0. The summed E-state index contributed by atoms with van der Waals surface area (Å²) in [5.41, 5.74) is 1.23. The third-order valence-corrected chi connectivity index (χ3v) is 4.11. The van der Waals surface area contributed by atoms with Crippen molar-refractivity contribution < 1.29 is 0 Å². The van der Waals surface area contributed by atoms with Crippen LogP contribution < -0.4 is 5.32 Å². The predicted molar refractivity (Wildman–Crippen MR) is 83.6 cm³/mol. The molecule has 0 bridgehead atoms. The van der Waals surface area contributed by atoms with Crippen LogP contribution in [0.1, 0.15) is 38.5 Å². The number of hydrogen-bond acceptors (Lipinski definition) is 2. The van der Waals surface area contributed by atoms with E-state index in [9.17, 15) is 0 Å². The van der Waals surface area contributed by atoms with Crippen molar-refractivity contribution in [1.29, 1.82) is 0 Å². The fourth-order valence-electron chi connectivity index (χ4n) is 3.04. The molecule has 2 nitrogen and oxygen atoms in total. The molecule has 0 spiro atoms. The monoisotopic (exact) mass is 260 g/mol. The van der Waals surface area contributed by atoms with Crippen molar-refractivity contribution in [3.8, 4) is 0 Å². The molecule has 0 unspecified atom stereocenters. The molecule has 1 fully saturated rings. The second-order valence-corrected chi connectivity index (χ2v) is 5.91. The van der Waals surface area contributed by atoms with E-state index >= 15 is 0 Å². The zero-order valence-corrected chi connectivity index (χ0v) is 12.3. The number of anilines is 1. The van der Waals surface area contributed by atoms with Crippen LogP contribution in [0.2, 0.25) is 0 Å². The van der Waals surface area contributed by atoms with E-state index in [1.165, 1.54) is 57.3 Å². The van der Waals surface area contributed by atoms with Gasteiger partial charge in [0.1, 0.15) is 0 Å². The SMILES string of the molecule is CN(CCCNc1ccccc1)CC1CCCCC1. The lowest BCUT2D eigenvalue weighted by molar-refractivity contribution is 0.233. The van der Waals surface area contributed by atoms with E-state index in [1.54, 1.807) is 0 Å². The van der Waals surface area contributed by atoms with E-state index < -0.39 is 0 Å². The van der Waals surface area contributed by atoms with E-state index in [1.807, 2.05) is 0 Å². The second kappa shape index (κ2) is 8.21. The molecule has 0 saturated heterocycles. The van der Waals surface area contributed by atoms with Crippen LogP contribution in [0, 0.1) is 5.92 Å². The van der Waals surface area contributed by atoms with Gasteiger partial charge in [0.05, 0.1) is 0 Å². The van der Waals surface area contributed by atoms with Gasteiger partial charge in [0.25, 0.3) is 0 Å². The van der Waals surface area contributed by atoms with Crippen molar-refractivity contribution in [3.05, 3.63) is 30.3 Å². The number of benzene rings is 1. The van der Waals surface area contributed by atoms with Gasteiger partial charge < -0.3 is 10.2 Å². The van der Waals surface area contributed by atoms with Crippen LogP contribution >= 0.6 is 0 Å². The molecule has 1 aliphatic rings. The van der Waals surface area contributed by atoms with Crippen LogP contribution in [-0.4, -0.2) is 31.6 Å². The number of rotatable bonds is 7. The first-order chi connectivity index (χ1) is 9.34. The molecule has 0 atom stereocenters. The Kier molecular flexibility index (Phi) is 6.22. The summed E-state index contributed by atoms with van der Waals surface area (Å²) in [4.78, 5) is 2.52. The van der Waals surface area contributed by atoms with Crippen molar-refractivity contribution in [2.75, 3.05) is 32.0 Å². The van der Waals surface area contributed by atoms with Crippen molar-refractivity contribution in [3.63, 3.8) is 0 Å². The fraction of sp³-hybridized carbons (Fsp3) is 0.647. The van der Waals surface area contributed by atoms with Crippen molar-refractivity contribution in [1.82, 2.24) is 4.90 Å². The van der Waals surface area contributed by atoms with Gasteiger partial charge in [-0.15, -0.1) is 0 Å². The lowest BCUT2D eigenvalue weighted by Gasteiger charge is -2.27. The molecule has 0 aromatic heterocycles. The standard InChI is InChI=1S/C17H28N2/c1-19(15-16-9-4-2-5-10-16)14-8-13-18-17-11-6-3-7-12-17/h3,6-7,11-12,16,18H,2,4-5,8-10,13-15H2,1H3. The molecule has 0 amide bonds. The molecular weight excluding hydrogens is 232 g/mol. The van der Waals surface area contributed by atoms with Gasteiger partial charge in [-0.05, 0) is 50.9 Å². The van der Waals surface area contributed by atoms with Gasteiger partial charge in [-0.2, -0.15) is 0 Å². The highest BCUT2D eigenvalue weighted by atomic mass is 15.1. The smallest absolute Gasteiger partial charge is 0.0340 e. The van der Waals surface area contributed by atoms with Gasteiger partial charge in [0.2, 0.25) is 0 Å². The summed E-state index contributed by atoms with van der Waals surface area (Å²) in [6.07, 6.45) is 8.49. The number of nitrogens with zero attached hydrogens (tertiary/aromatic N) is 1. The normalized spacial score (nSPS) is 16.7. The van der Waals surface area contributed by atoms with Crippen LogP contribution in [0.3, 0.4) is 0 Å². The highest BCUT2D eigenvalue weighted by molar-refractivity contribution is 5.42. The molecule has 2 heteroatoms. The number of nitrogens with one attached hydrogen (secondary N) is 1. The summed E-state index contributed by atoms with van der Waals surface area (Å²) >= 11 is 0. The zero-order valence-electron chi connectivity index (χ0n) is 12.3. The van der Waals surface area contributed by atoms with Gasteiger partial charge in [-0.25, -0.2) is 0 Å². The molecule has 106 valence electrons. The molecule has 1 aliphatic carbocycles.